The standard InChI is InChI=1S/C28H24N4O5/c1-16-26(17(2)37-31-16)22-12-18-13-23(27(34)30-19-7-9-21(33)10-8-19)28(35)32(24(18)14-25(22)36-3)15-20-6-4-5-11-29-20/h4-14,33H,15H2,1-3H3,(H,30,34). The van der Waals surface area contributed by atoms with Gasteiger partial charge in [-0.25, -0.2) is 0 Å². The van der Waals surface area contributed by atoms with Crippen LogP contribution in [0.5, 0.6) is 11.5 Å². The number of nitrogens with one attached hydrogen (secondary N) is 1. The number of phenolic OH excluding ortho intramolecular Hbond substituents is 1. The molecule has 5 rings (SSSR count). The van der Waals surface area contributed by atoms with Crippen LogP contribution in [0.4, 0.5) is 5.69 Å². The number of rotatable bonds is 6. The van der Waals surface area contributed by atoms with Crippen molar-refractivity contribution in [3.8, 4) is 22.6 Å². The molecule has 0 fully saturated rings. The fourth-order valence-corrected chi connectivity index (χ4v) is 4.36. The fraction of sp³-hybridized carbons (Fsp3) is 0.143. The molecule has 0 saturated heterocycles. The van der Waals surface area contributed by atoms with Gasteiger partial charge in [0.25, 0.3) is 11.5 Å². The van der Waals surface area contributed by atoms with Crippen LogP contribution < -0.4 is 15.6 Å². The molecule has 3 heterocycles. The Morgan fingerprint density at radius 1 is 1.11 bits per heavy atom. The molecule has 0 aliphatic carbocycles. The van der Waals surface area contributed by atoms with Crippen LogP contribution in [0.15, 0.2) is 76.2 Å². The SMILES string of the molecule is COc1cc2c(cc1-c1c(C)noc1C)cc(C(=O)Nc1ccc(O)cc1)c(=O)n2Cc1ccccn1. The van der Waals surface area contributed by atoms with E-state index in [1.807, 2.05) is 32.0 Å². The number of aromatic hydroxyl groups is 1. The minimum Gasteiger partial charge on any atom is -0.508 e. The number of methoxy groups -OCH3 is 1. The highest BCUT2D eigenvalue weighted by Crippen LogP contribution is 2.37. The zero-order valence-electron chi connectivity index (χ0n) is 20.5. The number of anilines is 1. The van der Waals surface area contributed by atoms with Gasteiger partial charge in [-0.15, -0.1) is 0 Å². The van der Waals surface area contributed by atoms with Crippen LogP contribution in [0.1, 0.15) is 27.5 Å². The summed E-state index contributed by atoms with van der Waals surface area (Å²) in [6, 6.07) is 16.7. The van der Waals surface area contributed by atoms with E-state index in [0.29, 0.717) is 39.5 Å². The second-order valence-corrected chi connectivity index (χ2v) is 8.58. The second kappa shape index (κ2) is 9.62. The molecular weight excluding hydrogens is 472 g/mol. The Kier molecular flexibility index (Phi) is 6.19. The number of pyridine rings is 2. The summed E-state index contributed by atoms with van der Waals surface area (Å²) in [5.74, 6) is 0.670. The van der Waals surface area contributed by atoms with Gasteiger partial charge in [0.2, 0.25) is 0 Å². The molecule has 37 heavy (non-hydrogen) atoms. The average molecular weight is 497 g/mol. The molecule has 186 valence electrons. The molecule has 0 atom stereocenters. The first-order chi connectivity index (χ1) is 17.9. The number of fused-ring (bicyclic) bond motifs is 1. The molecule has 0 spiro atoms. The summed E-state index contributed by atoms with van der Waals surface area (Å²) in [6.07, 6.45) is 1.65. The van der Waals surface area contributed by atoms with Crippen LogP contribution in [0.25, 0.3) is 22.0 Å². The van der Waals surface area contributed by atoms with E-state index in [9.17, 15) is 14.7 Å². The number of nitrogens with zero attached hydrogens (tertiary/aromatic N) is 3. The summed E-state index contributed by atoms with van der Waals surface area (Å²) in [6.45, 7) is 3.82. The van der Waals surface area contributed by atoms with Gasteiger partial charge in [0.1, 0.15) is 22.8 Å². The number of aryl methyl sites for hydroxylation is 2. The maximum Gasteiger partial charge on any atom is 0.264 e. The van der Waals surface area contributed by atoms with E-state index in [1.54, 1.807) is 43.6 Å². The summed E-state index contributed by atoms with van der Waals surface area (Å²) in [7, 11) is 1.56. The summed E-state index contributed by atoms with van der Waals surface area (Å²) < 4.78 is 12.6. The second-order valence-electron chi connectivity index (χ2n) is 8.58. The maximum absolute atomic E-state index is 13.7. The highest BCUT2D eigenvalue weighted by molar-refractivity contribution is 6.06. The maximum atomic E-state index is 13.7. The van der Waals surface area contributed by atoms with Crippen LogP contribution >= 0.6 is 0 Å². The average Bonchev–Trinajstić information content (AvgIpc) is 3.24. The molecule has 0 radical (unpaired) electrons. The number of carbonyl (C=O) groups excluding carboxylic acids is 1. The number of ether oxygens (including phenoxy) is 1. The largest absolute Gasteiger partial charge is 0.508 e. The van der Waals surface area contributed by atoms with Crippen molar-refractivity contribution in [1.82, 2.24) is 14.7 Å². The van der Waals surface area contributed by atoms with Crippen LogP contribution in [0.2, 0.25) is 0 Å². The normalized spacial score (nSPS) is 11.0. The lowest BCUT2D eigenvalue weighted by molar-refractivity contribution is 0.102. The molecule has 0 aliphatic heterocycles. The summed E-state index contributed by atoms with van der Waals surface area (Å²) in [5.41, 5.74) is 3.41. The van der Waals surface area contributed by atoms with Crippen LogP contribution in [-0.2, 0) is 6.54 Å². The zero-order valence-corrected chi connectivity index (χ0v) is 20.5. The van der Waals surface area contributed by atoms with Crippen LogP contribution in [0.3, 0.4) is 0 Å². The minimum atomic E-state index is -0.568. The lowest BCUT2D eigenvalue weighted by atomic mass is 9.99. The predicted octanol–water partition coefficient (Wildman–Crippen LogP) is 4.68. The number of benzene rings is 2. The highest BCUT2D eigenvalue weighted by Gasteiger charge is 2.21. The lowest BCUT2D eigenvalue weighted by Gasteiger charge is -2.16. The topological polar surface area (TPSA) is 119 Å². The van der Waals surface area contributed by atoms with Crippen molar-refractivity contribution in [3.63, 3.8) is 0 Å². The monoisotopic (exact) mass is 496 g/mol. The molecule has 5 aromatic rings. The first-order valence-corrected chi connectivity index (χ1v) is 11.5. The van der Waals surface area contributed by atoms with Crippen molar-refractivity contribution >= 4 is 22.5 Å². The molecule has 0 saturated carbocycles. The van der Waals surface area contributed by atoms with E-state index in [1.165, 1.54) is 16.7 Å². The van der Waals surface area contributed by atoms with Crippen molar-refractivity contribution in [2.45, 2.75) is 20.4 Å². The molecule has 3 aromatic heterocycles. The summed E-state index contributed by atoms with van der Waals surface area (Å²) in [5, 5.41) is 17.0. The molecule has 9 nitrogen and oxygen atoms in total. The molecule has 1 amide bonds. The fourth-order valence-electron chi connectivity index (χ4n) is 4.36. The Morgan fingerprint density at radius 2 is 1.89 bits per heavy atom. The molecule has 2 aromatic carbocycles. The molecule has 0 unspecified atom stereocenters. The molecule has 2 N–H and O–H groups in total. The van der Waals surface area contributed by atoms with Crippen LogP contribution in [-0.4, -0.2) is 32.8 Å². The molecule has 0 bridgehead atoms. The Morgan fingerprint density at radius 3 is 2.54 bits per heavy atom. The van der Waals surface area contributed by atoms with E-state index in [0.717, 1.165) is 11.1 Å². The van der Waals surface area contributed by atoms with Crippen molar-refractivity contribution in [3.05, 3.63) is 99.9 Å². The number of aromatic nitrogens is 3. The number of hydrogen-bond donors (Lipinski definition) is 2. The Balaban J connectivity index is 1.72. The third kappa shape index (κ3) is 4.54. The van der Waals surface area contributed by atoms with E-state index in [2.05, 4.69) is 15.5 Å². The predicted molar refractivity (Wildman–Crippen MR) is 139 cm³/mol. The van der Waals surface area contributed by atoms with Gasteiger partial charge in [-0.2, -0.15) is 0 Å². The van der Waals surface area contributed by atoms with Crippen molar-refractivity contribution < 1.29 is 19.2 Å². The summed E-state index contributed by atoms with van der Waals surface area (Å²) in [4.78, 5) is 31.3. The van der Waals surface area contributed by atoms with Gasteiger partial charge in [-0.1, -0.05) is 11.2 Å². The number of hydrogen-bond acceptors (Lipinski definition) is 7. The number of carbonyl (C=O) groups is 1. The van der Waals surface area contributed by atoms with Crippen molar-refractivity contribution in [1.29, 1.82) is 0 Å². The Hall–Kier alpha value is -4.92. The smallest absolute Gasteiger partial charge is 0.264 e. The van der Waals surface area contributed by atoms with E-state index < -0.39 is 11.5 Å². The quantitative estimate of drug-likeness (QED) is 0.328. The molecule has 9 heteroatoms. The minimum absolute atomic E-state index is 0.0358. The Bertz CT molecular complexity index is 1650. The molecule has 0 aliphatic rings. The Labute approximate surface area is 212 Å². The van der Waals surface area contributed by atoms with Gasteiger partial charge in [0.05, 0.1) is 36.1 Å². The lowest BCUT2D eigenvalue weighted by Crippen LogP contribution is -2.30. The first-order valence-electron chi connectivity index (χ1n) is 11.5. The van der Waals surface area contributed by atoms with Crippen molar-refractivity contribution in [2.24, 2.45) is 0 Å². The zero-order chi connectivity index (χ0) is 26.1. The molecular formula is C28H24N4O5. The van der Waals surface area contributed by atoms with Crippen LogP contribution in [0, 0.1) is 13.8 Å². The number of phenols is 1. The van der Waals surface area contributed by atoms with Gasteiger partial charge >= 0.3 is 0 Å². The van der Waals surface area contributed by atoms with Gasteiger partial charge in [0, 0.05) is 28.9 Å². The summed E-state index contributed by atoms with van der Waals surface area (Å²) >= 11 is 0. The number of amides is 1. The van der Waals surface area contributed by atoms with Crippen molar-refractivity contribution in [2.75, 3.05) is 12.4 Å². The third-order valence-electron chi connectivity index (χ3n) is 6.13. The first kappa shape index (κ1) is 23.8. The van der Waals surface area contributed by atoms with Gasteiger partial charge < -0.3 is 24.3 Å². The van der Waals surface area contributed by atoms with Gasteiger partial charge in [-0.05, 0) is 62.4 Å². The van der Waals surface area contributed by atoms with Gasteiger partial charge in [0.15, 0.2) is 0 Å². The van der Waals surface area contributed by atoms with E-state index >= 15 is 0 Å². The highest BCUT2D eigenvalue weighted by atomic mass is 16.5. The van der Waals surface area contributed by atoms with Gasteiger partial charge in [-0.3, -0.25) is 14.6 Å². The van der Waals surface area contributed by atoms with E-state index in [4.69, 9.17) is 9.26 Å². The third-order valence-corrected chi connectivity index (χ3v) is 6.13. The van der Waals surface area contributed by atoms with E-state index in [-0.39, 0.29) is 17.9 Å².